The van der Waals surface area contributed by atoms with Crippen LogP contribution in [0.25, 0.3) is 0 Å². The van der Waals surface area contributed by atoms with Crippen LogP contribution in [0.4, 0.5) is 5.69 Å². The van der Waals surface area contributed by atoms with Gasteiger partial charge in [0.05, 0.1) is 0 Å². The van der Waals surface area contributed by atoms with Gasteiger partial charge in [0.1, 0.15) is 6.04 Å². The predicted octanol–water partition coefficient (Wildman–Crippen LogP) is 0.888. The monoisotopic (exact) mass is 247 g/mol. The van der Waals surface area contributed by atoms with E-state index in [0.29, 0.717) is 17.8 Å². The number of carbonyl (C=O) groups excluding carboxylic acids is 2. The molecule has 1 aromatic carbocycles. The molecular formula is C13H17N3O2. The van der Waals surface area contributed by atoms with Gasteiger partial charge >= 0.3 is 0 Å². The van der Waals surface area contributed by atoms with Gasteiger partial charge in [-0.1, -0.05) is 12.1 Å². The molecule has 4 N–H and O–H groups in total. The normalized spacial score (nSPS) is 11.4. The first-order valence-electron chi connectivity index (χ1n) is 5.59. The highest BCUT2D eigenvalue weighted by molar-refractivity contribution is 5.94. The predicted molar refractivity (Wildman–Crippen MR) is 71.3 cm³/mol. The average Bonchev–Trinajstić information content (AvgIpc) is 2.36. The van der Waals surface area contributed by atoms with Crippen LogP contribution in [0.3, 0.4) is 0 Å². The van der Waals surface area contributed by atoms with E-state index in [2.05, 4.69) is 17.2 Å². The highest BCUT2D eigenvalue weighted by Crippen LogP contribution is 2.11. The molecule has 2 amide bonds. The summed E-state index contributed by atoms with van der Waals surface area (Å²) in [4.78, 5) is 22.6. The van der Waals surface area contributed by atoms with Crippen LogP contribution in [0, 0.1) is 0 Å². The standard InChI is InChI=1S/C13H17N3O2/c1-3-7-15-13(18)9(2)16-11-6-4-5-10(8-11)12(14)17/h3-6,8-9,16H,1,7H2,2H3,(H2,14,17)(H,15,18). The van der Waals surface area contributed by atoms with Crippen LogP contribution in [0.5, 0.6) is 0 Å². The lowest BCUT2D eigenvalue weighted by Crippen LogP contribution is -2.37. The Bertz CT molecular complexity index is 457. The summed E-state index contributed by atoms with van der Waals surface area (Å²) in [6.45, 7) is 5.67. The molecule has 1 aromatic rings. The van der Waals surface area contributed by atoms with E-state index in [1.165, 1.54) is 0 Å². The first kappa shape index (κ1) is 13.8. The lowest BCUT2D eigenvalue weighted by molar-refractivity contribution is -0.121. The van der Waals surface area contributed by atoms with E-state index >= 15 is 0 Å². The lowest BCUT2D eigenvalue weighted by Gasteiger charge is -2.15. The van der Waals surface area contributed by atoms with Gasteiger partial charge in [-0.3, -0.25) is 9.59 Å². The van der Waals surface area contributed by atoms with Gasteiger partial charge in [0.15, 0.2) is 0 Å². The first-order chi connectivity index (χ1) is 8.54. The smallest absolute Gasteiger partial charge is 0.248 e. The molecule has 0 heterocycles. The van der Waals surface area contributed by atoms with Crippen molar-refractivity contribution in [3.05, 3.63) is 42.5 Å². The molecule has 0 aliphatic heterocycles. The Morgan fingerprint density at radius 3 is 2.83 bits per heavy atom. The largest absolute Gasteiger partial charge is 0.374 e. The average molecular weight is 247 g/mol. The van der Waals surface area contributed by atoms with Gasteiger partial charge < -0.3 is 16.4 Å². The number of hydrogen-bond donors (Lipinski definition) is 3. The minimum Gasteiger partial charge on any atom is -0.374 e. The number of benzene rings is 1. The Labute approximate surface area is 106 Å². The van der Waals surface area contributed by atoms with E-state index in [4.69, 9.17) is 5.73 Å². The van der Waals surface area contributed by atoms with E-state index in [1.807, 2.05) is 0 Å². The third kappa shape index (κ3) is 3.93. The summed E-state index contributed by atoms with van der Waals surface area (Å²) in [5.74, 6) is -0.637. The zero-order chi connectivity index (χ0) is 13.5. The summed E-state index contributed by atoms with van der Waals surface area (Å²) >= 11 is 0. The molecule has 1 rings (SSSR count). The van der Waals surface area contributed by atoms with Crippen molar-refractivity contribution in [2.75, 3.05) is 11.9 Å². The summed E-state index contributed by atoms with van der Waals surface area (Å²) in [5, 5.41) is 5.67. The highest BCUT2D eigenvalue weighted by Gasteiger charge is 2.11. The van der Waals surface area contributed by atoms with Gasteiger partial charge in [0.2, 0.25) is 11.8 Å². The molecule has 0 radical (unpaired) electrons. The zero-order valence-corrected chi connectivity index (χ0v) is 10.3. The zero-order valence-electron chi connectivity index (χ0n) is 10.3. The molecule has 0 saturated carbocycles. The second-order valence-electron chi connectivity index (χ2n) is 3.84. The van der Waals surface area contributed by atoms with E-state index in [0.717, 1.165) is 0 Å². The first-order valence-corrected chi connectivity index (χ1v) is 5.59. The third-order valence-corrected chi connectivity index (χ3v) is 2.34. The van der Waals surface area contributed by atoms with Crippen molar-refractivity contribution < 1.29 is 9.59 Å². The molecule has 18 heavy (non-hydrogen) atoms. The molecule has 0 saturated heterocycles. The molecule has 5 nitrogen and oxygen atoms in total. The van der Waals surface area contributed by atoms with E-state index in [-0.39, 0.29) is 5.91 Å². The fourth-order valence-corrected chi connectivity index (χ4v) is 1.40. The minimum absolute atomic E-state index is 0.139. The lowest BCUT2D eigenvalue weighted by atomic mass is 10.2. The van der Waals surface area contributed by atoms with Crippen molar-refractivity contribution in [1.82, 2.24) is 5.32 Å². The number of primary amides is 1. The van der Waals surface area contributed by atoms with E-state index in [1.54, 1.807) is 37.3 Å². The van der Waals surface area contributed by atoms with Crippen molar-refractivity contribution >= 4 is 17.5 Å². The summed E-state index contributed by atoms with van der Waals surface area (Å²) in [6, 6.07) is 6.30. The third-order valence-electron chi connectivity index (χ3n) is 2.34. The molecule has 0 aliphatic rings. The van der Waals surface area contributed by atoms with E-state index < -0.39 is 11.9 Å². The van der Waals surface area contributed by atoms with Crippen LogP contribution in [-0.4, -0.2) is 24.4 Å². The van der Waals surface area contributed by atoms with Crippen LogP contribution in [0.2, 0.25) is 0 Å². The number of hydrogen-bond acceptors (Lipinski definition) is 3. The molecule has 0 aromatic heterocycles. The molecule has 96 valence electrons. The van der Waals surface area contributed by atoms with Crippen molar-refractivity contribution in [3.63, 3.8) is 0 Å². The molecule has 5 heteroatoms. The van der Waals surface area contributed by atoms with Crippen molar-refractivity contribution in [2.24, 2.45) is 5.73 Å². The summed E-state index contributed by atoms with van der Waals surface area (Å²) in [7, 11) is 0. The number of rotatable bonds is 6. The van der Waals surface area contributed by atoms with Crippen LogP contribution in [0.1, 0.15) is 17.3 Å². The SMILES string of the molecule is C=CCNC(=O)C(C)Nc1cccc(C(N)=O)c1. The number of nitrogens with one attached hydrogen (secondary N) is 2. The van der Waals surface area contributed by atoms with Gasteiger partial charge in [-0.2, -0.15) is 0 Å². The Morgan fingerprint density at radius 1 is 1.50 bits per heavy atom. The van der Waals surface area contributed by atoms with Gasteiger partial charge in [-0.15, -0.1) is 6.58 Å². The van der Waals surface area contributed by atoms with Crippen LogP contribution < -0.4 is 16.4 Å². The van der Waals surface area contributed by atoms with E-state index in [9.17, 15) is 9.59 Å². The Hall–Kier alpha value is -2.30. The molecule has 0 aliphatic carbocycles. The van der Waals surface area contributed by atoms with Gasteiger partial charge in [0.25, 0.3) is 0 Å². The van der Waals surface area contributed by atoms with Gasteiger partial charge in [0, 0.05) is 17.8 Å². The van der Waals surface area contributed by atoms with Crippen LogP contribution in [-0.2, 0) is 4.79 Å². The molecular weight excluding hydrogens is 230 g/mol. The molecule has 0 fully saturated rings. The number of anilines is 1. The summed E-state index contributed by atoms with van der Waals surface area (Å²) in [6.07, 6.45) is 1.61. The molecule has 1 atom stereocenters. The maximum atomic E-state index is 11.6. The topological polar surface area (TPSA) is 84.2 Å². The number of nitrogens with two attached hydrogens (primary N) is 1. The van der Waals surface area contributed by atoms with Crippen LogP contribution >= 0.6 is 0 Å². The summed E-state index contributed by atoms with van der Waals surface area (Å²) in [5.41, 5.74) is 6.26. The maximum Gasteiger partial charge on any atom is 0.248 e. The quantitative estimate of drug-likeness (QED) is 0.653. The number of amides is 2. The Kier molecular flexibility index (Phi) is 4.92. The molecule has 0 bridgehead atoms. The molecule has 0 spiro atoms. The maximum absolute atomic E-state index is 11.6. The van der Waals surface area contributed by atoms with Gasteiger partial charge in [-0.25, -0.2) is 0 Å². The second-order valence-corrected chi connectivity index (χ2v) is 3.84. The Morgan fingerprint density at radius 2 is 2.22 bits per heavy atom. The Balaban J connectivity index is 2.66. The van der Waals surface area contributed by atoms with Crippen molar-refractivity contribution in [3.8, 4) is 0 Å². The summed E-state index contributed by atoms with van der Waals surface area (Å²) < 4.78 is 0. The fraction of sp³-hybridized carbons (Fsp3) is 0.231. The minimum atomic E-state index is -0.498. The fourth-order valence-electron chi connectivity index (χ4n) is 1.40. The van der Waals surface area contributed by atoms with Crippen molar-refractivity contribution in [1.29, 1.82) is 0 Å². The second kappa shape index (κ2) is 6.44. The van der Waals surface area contributed by atoms with Gasteiger partial charge in [-0.05, 0) is 25.1 Å². The van der Waals surface area contributed by atoms with Crippen molar-refractivity contribution in [2.45, 2.75) is 13.0 Å². The highest BCUT2D eigenvalue weighted by atomic mass is 16.2. The van der Waals surface area contributed by atoms with Crippen LogP contribution in [0.15, 0.2) is 36.9 Å². The number of carbonyl (C=O) groups is 2. The molecule has 1 unspecified atom stereocenters.